The summed E-state index contributed by atoms with van der Waals surface area (Å²) < 4.78 is 5.00. The molecule has 0 unspecified atom stereocenters. The van der Waals surface area contributed by atoms with Gasteiger partial charge in [0.1, 0.15) is 0 Å². The molecule has 3 rings (SSSR count). The molecule has 1 aromatic heterocycles. The zero-order valence-electron chi connectivity index (χ0n) is 12.8. The molecule has 23 heavy (non-hydrogen) atoms. The van der Waals surface area contributed by atoms with Gasteiger partial charge in [-0.05, 0) is 19.1 Å². The van der Waals surface area contributed by atoms with E-state index in [-0.39, 0.29) is 12.4 Å². The Morgan fingerprint density at radius 1 is 1.00 bits per heavy atom. The van der Waals surface area contributed by atoms with Crippen molar-refractivity contribution in [3.8, 4) is 0 Å². The van der Waals surface area contributed by atoms with E-state index in [4.69, 9.17) is 4.74 Å². The predicted octanol–water partition coefficient (Wildman–Crippen LogP) is 3.48. The number of hydrogen-bond acceptors (Lipinski definition) is 5. The minimum Gasteiger partial charge on any atom is -0.466 e. The van der Waals surface area contributed by atoms with E-state index in [1.807, 2.05) is 54.6 Å². The van der Waals surface area contributed by atoms with Crippen LogP contribution in [0.5, 0.6) is 0 Å². The maximum absolute atomic E-state index is 11.7. The van der Waals surface area contributed by atoms with Crippen LogP contribution < -0.4 is 5.32 Å². The van der Waals surface area contributed by atoms with Crippen LogP contribution in [-0.4, -0.2) is 22.8 Å². The summed E-state index contributed by atoms with van der Waals surface area (Å²) in [6.45, 7) is 2.15. The SMILES string of the molecule is CCOC(=O)Cc1nnc(Nc2ccccc2)c2ccccc12. The molecule has 1 heterocycles. The average Bonchev–Trinajstić information content (AvgIpc) is 2.58. The molecule has 0 aliphatic heterocycles. The molecule has 3 aromatic rings. The normalized spacial score (nSPS) is 10.5. The van der Waals surface area contributed by atoms with Crippen molar-refractivity contribution >= 4 is 28.2 Å². The van der Waals surface area contributed by atoms with Crippen LogP contribution in [0.3, 0.4) is 0 Å². The monoisotopic (exact) mass is 307 g/mol. The number of esters is 1. The number of fused-ring (bicyclic) bond motifs is 1. The Bertz CT molecular complexity index is 819. The molecule has 5 nitrogen and oxygen atoms in total. The third-order valence-electron chi connectivity index (χ3n) is 3.42. The van der Waals surface area contributed by atoms with Crippen LogP contribution >= 0.6 is 0 Å². The zero-order chi connectivity index (χ0) is 16.1. The van der Waals surface area contributed by atoms with Crippen LogP contribution in [0, 0.1) is 0 Å². The first-order chi connectivity index (χ1) is 11.3. The van der Waals surface area contributed by atoms with Crippen LogP contribution in [0.15, 0.2) is 54.6 Å². The number of aromatic nitrogens is 2. The van der Waals surface area contributed by atoms with Crippen molar-refractivity contribution in [3.63, 3.8) is 0 Å². The number of anilines is 2. The summed E-state index contributed by atoms with van der Waals surface area (Å²) in [6, 6.07) is 17.5. The number of ether oxygens (including phenoxy) is 1. The topological polar surface area (TPSA) is 64.1 Å². The van der Waals surface area contributed by atoms with E-state index in [0.29, 0.717) is 18.1 Å². The number of benzene rings is 2. The highest BCUT2D eigenvalue weighted by molar-refractivity contribution is 5.95. The van der Waals surface area contributed by atoms with Gasteiger partial charge in [-0.15, -0.1) is 5.10 Å². The first-order valence-electron chi connectivity index (χ1n) is 7.50. The minimum absolute atomic E-state index is 0.118. The van der Waals surface area contributed by atoms with Gasteiger partial charge in [0.05, 0.1) is 18.7 Å². The summed E-state index contributed by atoms with van der Waals surface area (Å²) in [6.07, 6.45) is 0.118. The number of para-hydroxylation sites is 1. The smallest absolute Gasteiger partial charge is 0.311 e. The highest BCUT2D eigenvalue weighted by Crippen LogP contribution is 2.25. The Balaban J connectivity index is 1.97. The largest absolute Gasteiger partial charge is 0.466 e. The van der Waals surface area contributed by atoms with Crippen LogP contribution in [0.25, 0.3) is 10.8 Å². The molecule has 0 bridgehead atoms. The van der Waals surface area contributed by atoms with Gasteiger partial charge in [0.25, 0.3) is 0 Å². The fourth-order valence-corrected chi connectivity index (χ4v) is 2.39. The van der Waals surface area contributed by atoms with E-state index in [0.717, 1.165) is 16.5 Å². The summed E-state index contributed by atoms with van der Waals surface area (Å²) in [7, 11) is 0. The summed E-state index contributed by atoms with van der Waals surface area (Å²) >= 11 is 0. The van der Waals surface area contributed by atoms with Gasteiger partial charge < -0.3 is 10.1 Å². The lowest BCUT2D eigenvalue weighted by Crippen LogP contribution is -2.10. The molecular weight excluding hydrogens is 290 g/mol. The highest BCUT2D eigenvalue weighted by Gasteiger charge is 2.13. The van der Waals surface area contributed by atoms with Crippen LogP contribution in [0.4, 0.5) is 11.5 Å². The van der Waals surface area contributed by atoms with E-state index < -0.39 is 0 Å². The van der Waals surface area contributed by atoms with Crippen LogP contribution in [-0.2, 0) is 16.0 Å². The van der Waals surface area contributed by atoms with Crippen LogP contribution in [0.2, 0.25) is 0 Å². The lowest BCUT2D eigenvalue weighted by molar-refractivity contribution is -0.142. The molecule has 0 amide bonds. The number of carbonyl (C=O) groups excluding carboxylic acids is 1. The van der Waals surface area contributed by atoms with E-state index in [1.54, 1.807) is 6.92 Å². The molecule has 0 spiro atoms. The Kier molecular flexibility index (Phi) is 4.47. The summed E-state index contributed by atoms with van der Waals surface area (Å²) in [5, 5.41) is 13.5. The quantitative estimate of drug-likeness (QED) is 0.731. The lowest BCUT2D eigenvalue weighted by atomic mass is 10.1. The van der Waals surface area contributed by atoms with Crippen molar-refractivity contribution in [3.05, 3.63) is 60.3 Å². The van der Waals surface area contributed by atoms with Gasteiger partial charge in [-0.2, -0.15) is 5.10 Å². The fourth-order valence-electron chi connectivity index (χ4n) is 2.39. The second-order valence-electron chi connectivity index (χ2n) is 5.01. The molecular formula is C18H17N3O2. The van der Waals surface area contributed by atoms with Gasteiger partial charge in [0.2, 0.25) is 0 Å². The van der Waals surface area contributed by atoms with E-state index in [2.05, 4.69) is 15.5 Å². The van der Waals surface area contributed by atoms with Gasteiger partial charge in [0, 0.05) is 16.5 Å². The summed E-state index contributed by atoms with van der Waals surface area (Å²) in [4.78, 5) is 11.7. The molecule has 1 N–H and O–H groups in total. The molecule has 0 fully saturated rings. The van der Waals surface area contributed by atoms with E-state index >= 15 is 0 Å². The molecule has 2 aromatic carbocycles. The van der Waals surface area contributed by atoms with Gasteiger partial charge in [-0.25, -0.2) is 0 Å². The van der Waals surface area contributed by atoms with Crippen molar-refractivity contribution in [2.45, 2.75) is 13.3 Å². The van der Waals surface area contributed by atoms with Gasteiger partial charge >= 0.3 is 5.97 Å². The number of nitrogens with zero attached hydrogens (tertiary/aromatic N) is 2. The second-order valence-corrected chi connectivity index (χ2v) is 5.01. The maximum Gasteiger partial charge on any atom is 0.311 e. The number of rotatable bonds is 5. The zero-order valence-corrected chi connectivity index (χ0v) is 12.8. The molecule has 116 valence electrons. The Hall–Kier alpha value is -2.95. The van der Waals surface area contributed by atoms with Crippen molar-refractivity contribution in [1.82, 2.24) is 10.2 Å². The van der Waals surface area contributed by atoms with Crippen LogP contribution in [0.1, 0.15) is 12.6 Å². The second kappa shape index (κ2) is 6.87. The number of carbonyl (C=O) groups is 1. The average molecular weight is 307 g/mol. The summed E-state index contributed by atoms with van der Waals surface area (Å²) in [5.41, 5.74) is 1.56. The molecule has 0 aliphatic rings. The van der Waals surface area contributed by atoms with Gasteiger partial charge in [-0.3, -0.25) is 4.79 Å². The first kappa shape index (κ1) is 15.0. The predicted molar refractivity (Wildman–Crippen MR) is 89.6 cm³/mol. The first-order valence-corrected chi connectivity index (χ1v) is 7.50. The van der Waals surface area contributed by atoms with Gasteiger partial charge in [-0.1, -0.05) is 42.5 Å². The Labute approximate surface area is 134 Å². The fraction of sp³-hybridized carbons (Fsp3) is 0.167. The minimum atomic E-state index is -0.296. The van der Waals surface area contributed by atoms with Crippen molar-refractivity contribution in [2.75, 3.05) is 11.9 Å². The molecule has 0 aliphatic carbocycles. The van der Waals surface area contributed by atoms with E-state index in [1.165, 1.54) is 0 Å². The molecule has 0 saturated carbocycles. The molecule has 0 radical (unpaired) electrons. The lowest BCUT2D eigenvalue weighted by Gasteiger charge is -2.10. The highest BCUT2D eigenvalue weighted by atomic mass is 16.5. The maximum atomic E-state index is 11.7. The van der Waals surface area contributed by atoms with Crippen molar-refractivity contribution in [1.29, 1.82) is 0 Å². The Morgan fingerprint density at radius 3 is 2.43 bits per heavy atom. The van der Waals surface area contributed by atoms with E-state index in [9.17, 15) is 4.79 Å². The Morgan fingerprint density at radius 2 is 1.70 bits per heavy atom. The number of hydrogen-bond donors (Lipinski definition) is 1. The van der Waals surface area contributed by atoms with Crippen molar-refractivity contribution < 1.29 is 9.53 Å². The molecule has 0 atom stereocenters. The van der Waals surface area contributed by atoms with Gasteiger partial charge in [0.15, 0.2) is 5.82 Å². The number of nitrogens with one attached hydrogen (secondary N) is 1. The standard InChI is InChI=1S/C18H17N3O2/c1-2-23-17(22)12-16-14-10-6-7-11-15(14)18(21-20-16)19-13-8-4-3-5-9-13/h3-11H,2,12H2,1H3,(H,19,21). The molecule has 0 saturated heterocycles. The third-order valence-corrected chi connectivity index (χ3v) is 3.42. The third kappa shape index (κ3) is 3.45. The summed E-state index contributed by atoms with van der Waals surface area (Å²) in [5.74, 6) is 0.370. The van der Waals surface area contributed by atoms with Crippen molar-refractivity contribution in [2.24, 2.45) is 0 Å². The molecule has 5 heteroatoms.